The van der Waals surface area contributed by atoms with Gasteiger partial charge < -0.3 is 15.0 Å². The first-order valence-corrected chi connectivity index (χ1v) is 9.53. The quantitative estimate of drug-likeness (QED) is 0.741. The van der Waals surface area contributed by atoms with Crippen LogP contribution >= 0.6 is 23.2 Å². The standard InChI is InChI=1S/C20H22Cl2N2O2/c1-14-4-2-3-11-24(14)17-8-6-16(7-9-17)23-20(25)13-26-19-10-5-15(21)12-18(19)22/h5-10,12,14H,2-4,11,13H2,1H3,(H,23,25)/t14-/m1/s1. The SMILES string of the molecule is C[C@@H]1CCCCN1c1ccc(NC(=O)COc2ccc(Cl)cc2Cl)cc1. The average Bonchev–Trinajstić information content (AvgIpc) is 2.62. The fourth-order valence-electron chi connectivity index (χ4n) is 3.15. The molecule has 1 aliphatic heterocycles. The fraction of sp³-hybridized carbons (Fsp3) is 0.350. The van der Waals surface area contributed by atoms with Crippen LogP contribution in [0.1, 0.15) is 26.2 Å². The summed E-state index contributed by atoms with van der Waals surface area (Å²) in [4.78, 5) is 14.5. The zero-order chi connectivity index (χ0) is 18.5. The highest BCUT2D eigenvalue weighted by Crippen LogP contribution is 2.28. The minimum absolute atomic E-state index is 0.119. The van der Waals surface area contributed by atoms with Gasteiger partial charge in [-0.05, 0) is 68.7 Å². The summed E-state index contributed by atoms with van der Waals surface area (Å²) >= 11 is 11.9. The number of benzene rings is 2. The Bertz CT molecular complexity index is 765. The van der Waals surface area contributed by atoms with E-state index in [0.29, 0.717) is 21.8 Å². The number of amides is 1. The number of carbonyl (C=O) groups excluding carboxylic acids is 1. The maximum Gasteiger partial charge on any atom is 0.262 e. The molecule has 2 aromatic carbocycles. The third-order valence-electron chi connectivity index (χ3n) is 4.54. The number of piperidine rings is 1. The van der Waals surface area contributed by atoms with E-state index in [1.165, 1.54) is 24.9 Å². The van der Waals surface area contributed by atoms with E-state index in [9.17, 15) is 4.79 Å². The van der Waals surface area contributed by atoms with E-state index >= 15 is 0 Å². The van der Waals surface area contributed by atoms with Crippen molar-refractivity contribution in [1.29, 1.82) is 0 Å². The lowest BCUT2D eigenvalue weighted by Crippen LogP contribution is -2.37. The van der Waals surface area contributed by atoms with Crippen LogP contribution < -0.4 is 15.0 Å². The molecule has 1 N–H and O–H groups in total. The summed E-state index contributed by atoms with van der Waals surface area (Å²) in [7, 11) is 0. The zero-order valence-electron chi connectivity index (χ0n) is 14.7. The summed E-state index contributed by atoms with van der Waals surface area (Å²) in [5, 5.41) is 3.74. The van der Waals surface area contributed by atoms with Gasteiger partial charge in [-0.1, -0.05) is 23.2 Å². The Hall–Kier alpha value is -1.91. The Kier molecular flexibility index (Phi) is 6.28. The molecule has 0 unspecified atom stereocenters. The largest absolute Gasteiger partial charge is 0.482 e. The van der Waals surface area contributed by atoms with Gasteiger partial charge in [0.25, 0.3) is 5.91 Å². The van der Waals surface area contributed by atoms with Gasteiger partial charge >= 0.3 is 0 Å². The van der Waals surface area contributed by atoms with E-state index in [2.05, 4.69) is 17.1 Å². The van der Waals surface area contributed by atoms with Crippen LogP contribution in [0.3, 0.4) is 0 Å². The minimum atomic E-state index is -0.241. The van der Waals surface area contributed by atoms with Crippen molar-refractivity contribution in [3.63, 3.8) is 0 Å². The Morgan fingerprint density at radius 2 is 1.96 bits per heavy atom. The molecular formula is C20H22Cl2N2O2. The molecular weight excluding hydrogens is 371 g/mol. The number of rotatable bonds is 5. The number of ether oxygens (including phenoxy) is 1. The molecule has 1 saturated heterocycles. The molecule has 6 heteroatoms. The average molecular weight is 393 g/mol. The van der Waals surface area contributed by atoms with Gasteiger partial charge in [0.1, 0.15) is 5.75 Å². The minimum Gasteiger partial charge on any atom is -0.482 e. The molecule has 0 radical (unpaired) electrons. The summed E-state index contributed by atoms with van der Waals surface area (Å²) in [6.45, 7) is 3.23. The van der Waals surface area contributed by atoms with E-state index in [0.717, 1.165) is 12.2 Å². The summed E-state index contributed by atoms with van der Waals surface area (Å²) in [5.41, 5.74) is 1.94. The first kappa shape index (κ1) is 18.9. The number of halogens is 2. The van der Waals surface area contributed by atoms with Crippen LogP contribution in [0.15, 0.2) is 42.5 Å². The van der Waals surface area contributed by atoms with Gasteiger partial charge in [-0.2, -0.15) is 0 Å². The second-order valence-corrected chi connectivity index (χ2v) is 7.34. The van der Waals surface area contributed by atoms with Crippen molar-refractivity contribution in [2.24, 2.45) is 0 Å². The number of carbonyl (C=O) groups is 1. The predicted molar refractivity (Wildman–Crippen MR) is 108 cm³/mol. The molecule has 0 spiro atoms. The molecule has 0 saturated carbocycles. The summed E-state index contributed by atoms with van der Waals surface area (Å²) in [6.07, 6.45) is 3.75. The molecule has 0 aromatic heterocycles. The summed E-state index contributed by atoms with van der Waals surface area (Å²) < 4.78 is 5.45. The normalized spacial score (nSPS) is 17.0. The first-order valence-electron chi connectivity index (χ1n) is 8.77. The topological polar surface area (TPSA) is 41.6 Å². The third-order valence-corrected chi connectivity index (χ3v) is 5.07. The van der Waals surface area contributed by atoms with E-state index in [1.807, 2.05) is 24.3 Å². The van der Waals surface area contributed by atoms with E-state index in [4.69, 9.17) is 27.9 Å². The van der Waals surface area contributed by atoms with Crippen LogP contribution in [0, 0.1) is 0 Å². The highest BCUT2D eigenvalue weighted by atomic mass is 35.5. The molecule has 2 aromatic rings. The second kappa shape index (κ2) is 8.65. The van der Waals surface area contributed by atoms with Crippen molar-refractivity contribution in [1.82, 2.24) is 0 Å². The lowest BCUT2D eigenvalue weighted by atomic mass is 10.0. The Balaban J connectivity index is 1.54. The lowest BCUT2D eigenvalue weighted by molar-refractivity contribution is -0.118. The van der Waals surface area contributed by atoms with Crippen molar-refractivity contribution in [2.45, 2.75) is 32.2 Å². The van der Waals surface area contributed by atoms with Gasteiger partial charge in [-0.25, -0.2) is 0 Å². The van der Waals surface area contributed by atoms with Crippen molar-refractivity contribution in [3.05, 3.63) is 52.5 Å². The second-order valence-electron chi connectivity index (χ2n) is 6.50. The molecule has 1 amide bonds. The molecule has 0 bridgehead atoms. The van der Waals surface area contributed by atoms with Gasteiger partial charge in [-0.3, -0.25) is 4.79 Å². The molecule has 4 nitrogen and oxygen atoms in total. The molecule has 0 aliphatic carbocycles. The van der Waals surface area contributed by atoms with Gasteiger partial charge in [0.2, 0.25) is 0 Å². The third kappa shape index (κ3) is 4.83. The van der Waals surface area contributed by atoms with Crippen molar-refractivity contribution >= 4 is 40.5 Å². The van der Waals surface area contributed by atoms with E-state index in [1.54, 1.807) is 18.2 Å². The fourth-order valence-corrected chi connectivity index (χ4v) is 3.61. The number of nitrogens with one attached hydrogen (secondary N) is 1. The maximum atomic E-state index is 12.1. The van der Waals surface area contributed by atoms with Crippen molar-refractivity contribution in [2.75, 3.05) is 23.4 Å². The lowest BCUT2D eigenvalue weighted by Gasteiger charge is -2.35. The molecule has 26 heavy (non-hydrogen) atoms. The van der Waals surface area contributed by atoms with Crippen LogP contribution in [0.4, 0.5) is 11.4 Å². The van der Waals surface area contributed by atoms with Crippen LogP contribution in [0.25, 0.3) is 0 Å². The number of anilines is 2. The molecule has 138 valence electrons. The molecule has 3 rings (SSSR count). The smallest absolute Gasteiger partial charge is 0.262 e. The van der Waals surface area contributed by atoms with E-state index < -0.39 is 0 Å². The Morgan fingerprint density at radius 3 is 2.65 bits per heavy atom. The zero-order valence-corrected chi connectivity index (χ0v) is 16.2. The van der Waals surface area contributed by atoms with Gasteiger partial charge in [0.05, 0.1) is 5.02 Å². The molecule has 1 aliphatic rings. The molecule has 1 fully saturated rings. The highest BCUT2D eigenvalue weighted by molar-refractivity contribution is 6.35. The van der Waals surface area contributed by atoms with Gasteiger partial charge in [0.15, 0.2) is 6.61 Å². The number of nitrogens with zero attached hydrogens (tertiary/aromatic N) is 1. The van der Waals surface area contributed by atoms with Crippen molar-refractivity contribution in [3.8, 4) is 5.75 Å². The van der Waals surface area contributed by atoms with Crippen LogP contribution in [0.2, 0.25) is 10.0 Å². The Morgan fingerprint density at radius 1 is 1.19 bits per heavy atom. The first-order chi connectivity index (χ1) is 12.5. The van der Waals surface area contributed by atoms with E-state index in [-0.39, 0.29) is 12.5 Å². The van der Waals surface area contributed by atoms with Crippen LogP contribution in [-0.4, -0.2) is 25.1 Å². The number of hydrogen-bond donors (Lipinski definition) is 1. The maximum absolute atomic E-state index is 12.1. The highest BCUT2D eigenvalue weighted by Gasteiger charge is 2.18. The molecule has 1 heterocycles. The van der Waals surface area contributed by atoms with Crippen LogP contribution in [-0.2, 0) is 4.79 Å². The molecule has 1 atom stereocenters. The number of hydrogen-bond acceptors (Lipinski definition) is 3. The van der Waals surface area contributed by atoms with Crippen molar-refractivity contribution < 1.29 is 9.53 Å². The van der Waals surface area contributed by atoms with Gasteiger partial charge in [0, 0.05) is 29.0 Å². The summed E-state index contributed by atoms with van der Waals surface area (Å²) in [5.74, 6) is 0.191. The predicted octanol–water partition coefficient (Wildman–Crippen LogP) is 5.39. The van der Waals surface area contributed by atoms with Crippen LogP contribution in [0.5, 0.6) is 5.75 Å². The monoisotopic (exact) mass is 392 g/mol. The Labute approximate surface area is 164 Å². The summed E-state index contributed by atoms with van der Waals surface area (Å²) in [6, 6.07) is 13.4. The van der Waals surface area contributed by atoms with Gasteiger partial charge in [-0.15, -0.1) is 0 Å².